The molecule has 1 aliphatic heterocycles. The highest BCUT2D eigenvalue weighted by Gasteiger charge is 2.23. The van der Waals surface area contributed by atoms with Crippen LogP contribution in [-0.4, -0.2) is 12.4 Å². The molecular formula is C10H10NS. The van der Waals surface area contributed by atoms with Crippen LogP contribution in [-0.2, 0) is 0 Å². The molecule has 0 fully saturated rings. The average Bonchev–Trinajstić information content (AvgIpc) is 2.44. The van der Waals surface area contributed by atoms with Crippen molar-refractivity contribution in [2.75, 3.05) is 11.9 Å². The maximum Gasteiger partial charge on any atom is 0.0982 e. The molecule has 0 aliphatic carbocycles. The molecule has 0 N–H and O–H groups in total. The normalized spacial score (nSPS) is 20.8. The molecule has 0 bridgehead atoms. The van der Waals surface area contributed by atoms with E-state index in [9.17, 15) is 0 Å². The van der Waals surface area contributed by atoms with Crippen LogP contribution in [0.2, 0.25) is 0 Å². The van der Waals surface area contributed by atoms with Gasteiger partial charge in [0, 0.05) is 11.9 Å². The number of likely N-dealkylation sites (N-methyl/N-ethyl adjacent to an activating group) is 1. The predicted octanol–water partition coefficient (Wildman–Crippen LogP) is 2.54. The molecule has 12 heavy (non-hydrogen) atoms. The van der Waals surface area contributed by atoms with Crippen LogP contribution in [0.3, 0.4) is 0 Å². The van der Waals surface area contributed by atoms with E-state index in [0.717, 1.165) is 0 Å². The Morgan fingerprint density at radius 2 is 2.25 bits per heavy atom. The molecule has 1 heterocycles. The number of para-hydroxylation sites is 1. The van der Waals surface area contributed by atoms with E-state index in [1.54, 1.807) is 17.8 Å². The van der Waals surface area contributed by atoms with Gasteiger partial charge >= 0.3 is 0 Å². The van der Waals surface area contributed by atoms with Gasteiger partial charge in [0.25, 0.3) is 0 Å². The third-order valence-electron chi connectivity index (χ3n) is 2.04. The van der Waals surface area contributed by atoms with Crippen molar-refractivity contribution >= 4 is 17.4 Å². The standard InChI is InChI=1S/C10H10NS/c1-3-10-11(2)8-6-4-5-7-9(8)12-10/h1,3-7,10H,2H3. The Balaban J connectivity index is 2.41. The Kier molecular flexibility index (Phi) is 1.85. The highest BCUT2D eigenvalue weighted by molar-refractivity contribution is 8.00. The summed E-state index contributed by atoms with van der Waals surface area (Å²) in [6, 6.07) is 8.35. The molecule has 0 aromatic heterocycles. The SMILES string of the molecule is [CH]=CC1Sc2ccccc2N1C. The van der Waals surface area contributed by atoms with Crippen LogP contribution in [0.15, 0.2) is 35.2 Å². The van der Waals surface area contributed by atoms with E-state index in [4.69, 9.17) is 6.58 Å². The minimum atomic E-state index is 0.294. The average molecular weight is 176 g/mol. The maximum atomic E-state index is 5.52. The molecule has 1 unspecified atom stereocenters. The van der Waals surface area contributed by atoms with Gasteiger partial charge in [0.1, 0.15) is 0 Å². The fourth-order valence-electron chi connectivity index (χ4n) is 1.36. The molecule has 1 aromatic rings. The number of nitrogens with zero attached hydrogens (tertiary/aromatic N) is 1. The summed E-state index contributed by atoms with van der Waals surface area (Å²) >= 11 is 1.79. The second-order valence-electron chi connectivity index (χ2n) is 2.78. The van der Waals surface area contributed by atoms with Crippen LogP contribution in [0.4, 0.5) is 5.69 Å². The van der Waals surface area contributed by atoms with Gasteiger partial charge in [0.2, 0.25) is 0 Å². The van der Waals surface area contributed by atoms with Crippen molar-refractivity contribution in [3.05, 3.63) is 36.9 Å². The van der Waals surface area contributed by atoms with Gasteiger partial charge in [-0.15, -0.1) is 0 Å². The third-order valence-corrected chi connectivity index (χ3v) is 3.35. The molecule has 1 aromatic carbocycles. The molecule has 0 amide bonds. The second-order valence-corrected chi connectivity index (χ2v) is 3.94. The molecule has 1 aliphatic rings. The van der Waals surface area contributed by atoms with Gasteiger partial charge in [-0.1, -0.05) is 36.5 Å². The molecule has 0 saturated heterocycles. The van der Waals surface area contributed by atoms with Gasteiger partial charge in [-0.25, -0.2) is 0 Å². The zero-order valence-corrected chi connectivity index (χ0v) is 7.71. The summed E-state index contributed by atoms with van der Waals surface area (Å²) in [5.41, 5.74) is 1.27. The van der Waals surface area contributed by atoms with E-state index in [0.29, 0.717) is 5.37 Å². The quantitative estimate of drug-likeness (QED) is 0.647. The molecule has 1 nitrogen and oxygen atoms in total. The molecule has 0 spiro atoms. The van der Waals surface area contributed by atoms with Crippen LogP contribution in [0, 0.1) is 6.58 Å². The van der Waals surface area contributed by atoms with Crippen LogP contribution >= 0.6 is 11.8 Å². The maximum absolute atomic E-state index is 5.52. The number of rotatable bonds is 1. The Morgan fingerprint density at radius 1 is 1.50 bits per heavy atom. The highest BCUT2D eigenvalue weighted by atomic mass is 32.2. The molecule has 1 atom stereocenters. The summed E-state index contributed by atoms with van der Waals surface area (Å²) in [5.74, 6) is 0. The third kappa shape index (κ3) is 1.03. The van der Waals surface area contributed by atoms with Crippen molar-refractivity contribution in [1.82, 2.24) is 0 Å². The number of thioether (sulfide) groups is 1. The second kappa shape index (κ2) is 2.87. The van der Waals surface area contributed by atoms with Crippen LogP contribution < -0.4 is 4.90 Å². The van der Waals surface area contributed by atoms with Gasteiger partial charge in [-0.3, -0.25) is 0 Å². The Labute approximate surface area is 77.1 Å². The number of hydrogen-bond donors (Lipinski definition) is 0. The first-order valence-corrected chi connectivity index (χ1v) is 4.74. The van der Waals surface area contributed by atoms with E-state index in [-0.39, 0.29) is 0 Å². The molecule has 2 heteroatoms. The first-order valence-electron chi connectivity index (χ1n) is 3.86. The highest BCUT2D eigenvalue weighted by Crippen LogP contribution is 2.42. The minimum Gasteiger partial charge on any atom is -0.358 e. The lowest BCUT2D eigenvalue weighted by atomic mass is 10.3. The van der Waals surface area contributed by atoms with Crippen molar-refractivity contribution in [1.29, 1.82) is 0 Å². The number of fused-ring (bicyclic) bond motifs is 1. The molecule has 2 rings (SSSR count). The number of benzene rings is 1. The Bertz CT molecular complexity index is 308. The summed E-state index contributed by atoms with van der Waals surface area (Å²) in [7, 11) is 2.06. The Morgan fingerprint density at radius 3 is 2.92 bits per heavy atom. The first kappa shape index (κ1) is 7.74. The van der Waals surface area contributed by atoms with E-state index in [1.807, 2.05) is 0 Å². The number of anilines is 1. The summed E-state index contributed by atoms with van der Waals surface area (Å²) < 4.78 is 0. The minimum absolute atomic E-state index is 0.294. The molecule has 0 saturated carbocycles. The van der Waals surface area contributed by atoms with E-state index >= 15 is 0 Å². The lowest BCUT2D eigenvalue weighted by Crippen LogP contribution is -2.21. The van der Waals surface area contributed by atoms with E-state index < -0.39 is 0 Å². The monoisotopic (exact) mass is 176 g/mol. The van der Waals surface area contributed by atoms with E-state index in [2.05, 4.69) is 36.2 Å². The van der Waals surface area contributed by atoms with Crippen molar-refractivity contribution in [2.45, 2.75) is 10.3 Å². The van der Waals surface area contributed by atoms with Gasteiger partial charge in [-0.05, 0) is 12.1 Å². The van der Waals surface area contributed by atoms with Crippen LogP contribution in [0.5, 0.6) is 0 Å². The zero-order chi connectivity index (χ0) is 8.55. The smallest absolute Gasteiger partial charge is 0.0982 e. The first-order chi connectivity index (χ1) is 5.83. The summed E-state index contributed by atoms with van der Waals surface area (Å²) in [6.07, 6.45) is 1.73. The zero-order valence-electron chi connectivity index (χ0n) is 6.90. The number of hydrogen-bond acceptors (Lipinski definition) is 2. The largest absolute Gasteiger partial charge is 0.358 e. The fraction of sp³-hybridized carbons (Fsp3) is 0.200. The van der Waals surface area contributed by atoms with Crippen LogP contribution in [0.25, 0.3) is 0 Å². The molecule has 1 radical (unpaired) electrons. The van der Waals surface area contributed by atoms with Crippen molar-refractivity contribution in [3.63, 3.8) is 0 Å². The lowest BCUT2D eigenvalue weighted by molar-refractivity contribution is 0.991. The topological polar surface area (TPSA) is 3.24 Å². The van der Waals surface area contributed by atoms with Crippen LogP contribution in [0.1, 0.15) is 0 Å². The van der Waals surface area contributed by atoms with Gasteiger partial charge in [0.05, 0.1) is 11.1 Å². The molecule has 61 valence electrons. The van der Waals surface area contributed by atoms with Gasteiger partial charge < -0.3 is 4.90 Å². The van der Waals surface area contributed by atoms with E-state index in [1.165, 1.54) is 10.6 Å². The summed E-state index contributed by atoms with van der Waals surface area (Å²) in [5, 5.41) is 0.294. The Hall–Kier alpha value is -0.890. The van der Waals surface area contributed by atoms with Gasteiger partial charge in [-0.2, -0.15) is 0 Å². The lowest BCUT2D eigenvalue weighted by Gasteiger charge is -2.17. The fourth-order valence-corrected chi connectivity index (χ4v) is 2.46. The van der Waals surface area contributed by atoms with Crippen molar-refractivity contribution < 1.29 is 0 Å². The predicted molar refractivity (Wildman–Crippen MR) is 53.4 cm³/mol. The molecular weight excluding hydrogens is 166 g/mol. The summed E-state index contributed by atoms with van der Waals surface area (Å²) in [4.78, 5) is 3.49. The van der Waals surface area contributed by atoms with Crippen molar-refractivity contribution in [3.8, 4) is 0 Å². The van der Waals surface area contributed by atoms with Crippen molar-refractivity contribution in [2.24, 2.45) is 0 Å². The van der Waals surface area contributed by atoms with Gasteiger partial charge in [0.15, 0.2) is 0 Å². The summed E-state index contributed by atoms with van der Waals surface area (Å²) in [6.45, 7) is 5.52.